The van der Waals surface area contributed by atoms with Crippen molar-refractivity contribution in [3.05, 3.63) is 30.9 Å². The maximum absolute atomic E-state index is 11.2. The van der Waals surface area contributed by atoms with Gasteiger partial charge in [-0.15, -0.1) is 6.58 Å². The standard InChI is InChI=1S/C9H13N3O4S/c1-2-5-17(15,16)11-3-4-12-6-8(9(13)14)10-7-12/h2,6-7,11H,1,3-5H2,(H,13,14). The average Bonchev–Trinajstić information content (AvgIpc) is 2.66. The van der Waals surface area contributed by atoms with Crippen molar-refractivity contribution in [2.45, 2.75) is 6.54 Å². The summed E-state index contributed by atoms with van der Waals surface area (Å²) in [7, 11) is -3.33. The SMILES string of the molecule is C=CCS(=O)(=O)NCCn1cnc(C(=O)O)c1. The van der Waals surface area contributed by atoms with Gasteiger partial charge in [-0.05, 0) is 0 Å². The van der Waals surface area contributed by atoms with Crippen LogP contribution in [0.25, 0.3) is 0 Å². The first-order chi connectivity index (χ1) is 7.94. The highest BCUT2D eigenvalue weighted by Gasteiger charge is 2.08. The summed E-state index contributed by atoms with van der Waals surface area (Å²) < 4.78 is 26.3. The number of carboxylic acids is 1. The van der Waals surface area contributed by atoms with Crippen LogP contribution in [0.15, 0.2) is 25.2 Å². The summed E-state index contributed by atoms with van der Waals surface area (Å²) in [5.74, 6) is -1.26. The normalized spacial score (nSPS) is 11.3. The Labute approximate surface area is 98.8 Å². The second kappa shape index (κ2) is 5.60. The van der Waals surface area contributed by atoms with Crippen molar-refractivity contribution in [1.82, 2.24) is 14.3 Å². The van der Waals surface area contributed by atoms with Crippen LogP contribution < -0.4 is 4.72 Å². The average molecular weight is 259 g/mol. The summed E-state index contributed by atoms with van der Waals surface area (Å²) in [6, 6.07) is 0. The van der Waals surface area contributed by atoms with Gasteiger partial charge in [0.25, 0.3) is 0 Å². The van der Waals surface area contributed by atoms with Crippen LogP contribution in [-0.2, 0) is 16.6 Å². The van der Waals surface area contributed by atoms with Crippen molar-refractivity contribution >= 4 is 16.0 Å². The summed E-state index contributed by atoms with van der Waals surface area (Å²) in [5, 5.41) is 8.62. The number of hydrogen-bond acceptors (Lipinski definition) is 4. The first kappa shape index (κ1) is 13.4. The van der Waals surface area contributed by atoms with Crippen LogP contribution in [0, 0.1) is 0 Å². The van der Waals surface area contributed by atoms with Gasteiger partial charge in [0.2, 0.25) is 10.0 Å². The predicted octanol–water partition coefficient (Wildman–Crippen LogP) is -0.313. The minimum Gasteiger partial charge on any atom is -0.476 e. The number of carboxylic acid groups (broad SMARTS) is 1. The van der Waals surface area contributed by atoms with Gasteiger partial charge in [0.15, 0.2) is 5.69 Å². The number of rotatable bonds is 7. The van der Waals surface area contributed by atoms with Crippen LogP contribution >= 0.6 is 0 Å². The molecule has 0 fully saturated rings. The molecule has 0 bridgehead atoms. The van der Waals surface area contributed by atoms with E-state index in [1.54, 1.807) is 0 Å². The van der Waals surface area contributed by atoms with Gasteiger partial charge in [-0.25, -0.2) is 22.9 Å². The molecule has 0 saturated carbocycles. The van der Waals surface area contributed by atoms with Crippen LogP contribution in [0.1, 0.15) is 10.5 Å². The molecule has 0 aliphatic carbocycles. The van der Waals surface area contributed by atoms with E-state index in [2.05, 4.69) is 16.3 Å². The summed E-state index contributed by atoms with van der Waals surface area (Å²) in [5.41, 5.74) is -0.0704. The van der Waals surface area contributed by atoms with E-state index in [-0.39, 0.29) is 18.0 Å². The fraction of sp³-hybridized carbons (Fsp3) is 0.333. The number of hydrogen-bond donors (Lipinski definition) is 2. The molecule has 17 heavy (non-hydrogen) atoms. The van der Waals surface area contributed by atoms with Crippen LogP contribution in [0.3, 0.4) is 0 Å². The number of aromatic carboxylic acids is 1. The lowest BCUT2D eigenvalue weighted by Crippen LogP contribution is -2.28. The van der Waals surface area contributed by atoms with Gasteiger partial charge in [-0.1, -0.05) is 6.08 Å². The van der Waals surface area contributed by atoms with Crippen LogP contribution in [0.5, 0.6) is 0 Å². The second-order valence-corrected chi connectivity index (χ2v) is 5.12. The first-order valence-electron chi connectivity index (χ1n) is 4.78. The Morgan fingerprint density at radius 2 is 2.35 bits per heavy atom. The second-order valence-electron chi connectivity index (χ2n) is 3.27. The molecule has 1 heterocycles. The molecule has 1 aromatic rings. The third kappa shape index (κ3) is 4.37. The van der Waals surface area contributed by atoms with E-state index in [0.717, 1.165) is 0 Å². The van der Waals surface area contributed by atoms with Crippen molar-refractivity contribution in [2.75, 3.05) is 12.3 Å². The van der Waals surface area contributed by atoms with E-state index in [4.69, 9.17) is 5.11 Å². The fourth-order valence-electron chi connectivity index (χ4n) is 1.14. The predicted molar refractivity (Wildman–Crippen MR) is 61.2 cm³/mol. The lowest BCUT2D eigenvalue weighted by Gasteiger charge is -2.04. The number of imidazole rings is 1. The van der Waals surface area contributed by atoms with E-state index < -0.39 is 16.0 Å². The highest BCUT2D eigenvalue weighted by molar-refractivity contribution is 7.89. The number of sulfonamides is 1. The van der Waals surface area contributed by atoms with E-state index >= 15 is 0 Å². The van der Waals surface area contributed by atoms with Crippen molar-refractivity contribution in [1.29, 1.82) is 0 Å². The zero-order valence-corrected chi connectivity index (χ0v) is 9.85. The van der Waals surface area contributed by atoms with E-state index in [1.807, 2.05) is 0 Å². The molecular formula is C9H13N3O4S. The number of nitrogens with zero attached hydrogens (tertiary/aromatic N) is 2. The number of carbonyl (C=O) groups is 1. The quantitative estimate of drug-likeness (QED) is 0.654. The zero-order valence-electron chi connectivity index (χ0n) is 9.04. The third-order valence-electron chi connectivity index (χ3n) is 1.88. The highest BCUT2D eigenvalue weighted by atomic mass is 32.2. The molecule has 0 aliphatic heterocycles. The van der Waals surface area contributed by atoms with Gasteiger partial charge in [0.05, 0.1) is 12.1 Å². The molecule has 0 atom stereocenters. The third-order valence-corrected chi connectivity index (χ3v) is 3.20. The molecule has 0 aliphatic rings. The smallest absolute Gasteiger partial charge is 0.356 e. The lowest BCUT2D eigenvalue weighted by atomic mass is 10.5. The zero-order chi connectivity index (χ0) is 12.9. The molecule has 0 spiro atoms. The molecule has 2 N–H and O–H groups in total. The molecule has 0 radical (unpaired) electrons. The molecule has 94 valence electrons. The van der Waals surface area contributed by atoms with Crippen LogP contribution in [0.2, 0.25) is 0 Å². The van der Waals surface area contributed by atoms with Gasteiger partial charge in [0, 0.05) is 19.3 Å². The minimum absolute atomic E-state index is 0.0704. The maximum Gasteiger partial charge on any atom is 0.356 e. The molecule has 1 aromatic heterocycles. The Bertz CT molecular complexity index is 506. The molecular weight excluding hydrogens is 246 g/mol. The minimum atomic E-state index is -3.33. The van der Waals surface area contributed by atoms with Gasteiger partial charge in [-0.3, -0.25) is 0 Å². The van der Waals surface area contributed by atoms with Crippen molar-refractivity contribution in [3.8, 4) is 0 Å². The summed E-state index contributed by atoms with van der Waals surface area (Å²) in [4.78, 5) is 14.2. The van der Waals surface area contributed by atoms with Gasteiger partial charge >= 0.3 is 5.97 Å². The van der Waals surface area contributed by atoms with Crippen LogP contribution in [0.4, 0.5) is 0 Å². The van der Waals surface area contributed by atoms with Gasteiger partial charge in [0.1, 0.15) is 0 Å². The number of aromatic nitrogens is 2. The lowest BCUT2D eigenvalue weighted by molar-refractivity contribution is 0.0691. The largest absolute Gasteiger partial charge is 0.476 e. The first-order valence-corrected chi connectivity index (χ1v) is 6.43. The fourth-order valence-corrected chi connectivity index (χ4v) is 1.97. The summed E-state index contributed by atoms with van der Waals surface area (Å²) >= 11 is 0. The van der Waals surface area contributed by atoms with Crippen LogP contribution in [-0.4, -0.2) is 41.3 Å². The highest BCUT2D eigenvalue weighted by Crippen LogP contribution is 1.95. The Kier molecular flexibility index (Phi) is 4.41. The maximum atomic E-state index is 11.2. The number of nitrogens with one attached hydrogen (secondary N) is 1. The molecule has 8 heteroatoms. The Morgan fingerprint density at radius 3 is 2.88 bits per heavy atom. The van der Waals surface area contributed by atoms with Crippen molar-refractivity contribution in [2.24, 2.45) is 0 Å². The van der Waals surface area contributed by atoms with Crippen molar-refractivity contribution < 1.29 is 18.3 Å². The Morgan fingerprint density at radius 1 is 1.65 bits per heavy atom. The van der Waals surface area contributed by atoms with Gasteiger partial charge in [-0.2, -0.15) is 0 Å². The summed E-state index contributed by atoms with van der Waals surface area (Å²) in [6.45, 7) is 3.82. The monoisotopic (exact) mass is 259 g/mol. The molecule has 0 unspecified atom stereocenters. The van der Waals surface area contributed by atoms with E-state index in [1.165, 1.54) is 23.2 Å². The molecule has 0 aromatic carbocycles. The molecule has 0 amide bonds. The Balaban J connectivity index is 2.46. The van der Waals surface area contributed by atoms with E-state index in [9.17, 15) is 13.2 Å². The molecule has 7 nitrogen and oxygen atoms in total. The topological polar surface area (TPSA) is 101 Å². The molecule has 1 rings (SSSR count). The van der Waals surface area contributed by atoms with E-state index in [0.29, 0.717) is 6.54 Å². The Hall–Kier alpha value is -1.67. The molecule has 0 saturated heterocycles. The van der Waals surface area contributed by atoms with Gasteiger partial charge < -0.3 is 9.67 Å². The van der Waals surface area contributed by atoms with Crippen molar-refractivity contribution in [3.63, 3.8) is 0 Å². The summed E-state index contributed by atoms with van der Waals surface area (Å²) in [6.07, 6.45) is 3.97.